The SMILES string of the molecule is c1ccc(-c2ccc(-c3cc(-c4ccccc4)nc(-c4cccc(-c5ccc6c(c5)cc(-c5ccccc5)n5nc(-c7ccccc7)c(-c7ccccc7)c65)c4)n3)cc2)cc1. The molecule has 0 unspecified atom stereocenters. The van der Waals surface area contributed by atoms with E-state index in [9.17, 15) is 0 Å². The van der Waals surface area contributed by atoms with E-state index in [0.717, 1.165) is 89.1 Å². The maximum absolute atomic E-state index is 5.39. The van der Waals surface area contributed by atoms with Gasteiger partial charge in [0.2, 0.25) is 0 Å². The van der Waals surface area contributed by atoms with Crippen LogP contribution in [-0.4, -0.2) is 19.6 Å². The average molecular weight is 779 g/mol. The summed E-state index contributed by atoms with van der Waals surface area (Å²) in [5.41, 5.74) is 16.8. The molecule has 0 fully saturated rings. The average Bonchev–Trinajstić information content (AvgIpc) is 3.76. The minimum Gasteiger partial charge on any atom is -0.231 e. The Balaban J connectivity index is 1.06. The quantitative estimate of drug-likeness (QED) is 0.154. The maximum Gasteiger partial charge on any atom is 0.160 e. The molecule has 0 N–H and O–H groups in total. The van der Waals surface area contributed by atoms with Crippen LogP contribution < -0.4 is 0 Å². The zero-order valence-electron chi connectivity index (χ0n) is 33.2. The van der Waals surface area contributed by atoms with Gasteiger partial charge < -0.3 is 0 Å². The summed E-state index contributed by atoms with van der Waals surface area (Å²) >= 11 is 0. The van der Waals surface area contributed by atoms with Crippen molar-refractivity contribution in [3.63, 3.8) is 0 Å². The van der Waals surface area contributed by atoms with Crippen molar-refractivity contribution in [2.75, 3.05) is 0 Å². The molecule has 0 bridgehead atoms. The highest BCUT2D eigenvalue weighted by Crippen LogP contribution is 2.42. The van der Waals surface area contributed by atoms with Gasteiger partial charge >= 0.3 is 0 Å². The smallest absolute Gasteiger partial charge is 0.160 e. The van der Waals surface area contributed by atoms with Gasteiger partial charge in [-0.15, -0.1) is 0 Å². The number of hydrogen-bond donors (Lipinski definition) is 0. The lowest BCUT2D eigenvalue weighted by Gasteiger charge is -2.13. The van der Waals surface area contributed by atoms with Gasteiger partial charge in [-0.05, 0) is 57.5 Å². The summed E-state index contributed by atoms with van der Waals surface area (Å²) in [4.78, 5) is 10.4. The molecule has 4 nitrogen and oxygen atoms in total. The summed E-state index contributed by atoms with van der Waals surface area (Å²) in [6.45, 7) is 0. The van der Waals surface area contributed by atoms with Crippen molar-refractivity contribution in [2.24, 2.45) is 0 Å². The van der Waals surface area contributed by atoms with Crippen LogP contribution in [0.15, 0.2) is 231 Å². The van der Waals surface area contributed by atoms with Crippen molar-refractivity contribution in [1.29, 1.82) is 0 Å². The predicted octanol–water partition coefficient (Wildman–Crippen LogP) is 14.6. The van der Waals surface area contributed by atoms with Gasteiger partial charge in [0.15, 0.2) is 5.82 Å². The van der Waals surface area contributed by atoms with Crippen molar-refractivity contribution in [1.82, 2.24) is 19.6 Å². The van der Waals surface area contributed by atoms with E-state index in [1.807, 2.05) is 12.1 Å². The Morgan fingerprint density at radius 3 is 1.41 bits per heavy atom. The Morgan fingerprint density at radius 2 is 0.770 bits per heavy atom. The highest BCUT2D eigenvalue weighted by molar-refractivity contribution is 6.09. The first-order valence-electron chi connectivity index (χ1n) is 20.6. The van der Waals surface area contributed by atoms with Gasteiger partial charge in [0, 0.05) is 38.8 Å². The first-order chi connectivity index (χ1) is 30.2. The van der Waals surface area contributed by atoms with E-state index in [-0.39, 0.29) is 0 Å². The molecule has 61 heavy (non-hydrogen) atoms. The summed E-state index contributed by atoms with van der Waals surface area (Å²) in [5, 5.41) is 7.66. The fourth-order valence-corrected chi connectivity index (χ4v) is 8.40. The molecule has 4 heteroatoms. The van der Waals surface area contributed by atoms with Crippen LogP contribution in [0.3, 0.4) is 0 Å². The molecule has 0 aliphatic rings. The lowest BCUT2D eigenvalue weighted by atomic mass is 9.95. The highest BCUT2D eigenvalue weighted by Gasteiger charge is 2.22. The number of fused-ring (bicyclic) bond motifs is 3. The Bertz CT molecular complexity index is 3310. The van der Waals surface area contributed by atoms with Crippen molar-refractivity contribution in [3.05, 3.63) is 231 Å². The topological polar surface area (TPSA) is 43.1 Å². The van der Waals surface area contributed by atoms with E-state index in [1.165, 1.54) is 11.1 Å². The normalized spacial score (nSPS) is 11.3. The van der Waals surface area contributed by atoms with Gasteiger partial charge in [-0.1, -0.05) is 206 Å². The zero-order valence-corrected chi connectivity index (χ0v) is 33.2. The Hall–Kier alpha value is -8.21. The largest absolute Gasteiger partial charge is 0.231 e. The third kappa shape index (κ3) is 6.86. The molecule has 0 atom stereocenters. The monoisotopic (exact) mass is 778 g/mol. The van der Waals surface area contributed by atoms with Gasteiger partial charge in [-0.3, -0.25) is 0 Å². The van der Waals surface area contributed by atoms with Gasteiger partial charge in [0.05, 0.1) is 22.6 Å². The number of pyridine rings is 1. The number of aromatic nitrogens is 4. The predicted molar refractivity (Wildman–Crippen MR) is 252 cm³/mol. The van der Waals surface area contributed by atoms with Crippen LogP contribution in [0.5, 0.6) is 0 Å². The van der Waals surface area contributed by atoms with Gasteiger partial charge in [0.25, 0.3) is 0 Å². The third-order valence-corrected chi connectivity index (χ3v) is 11.4. The summed E-state index contributed by atoms with van der Waals surface area (Å²) in [6.07, 6.45) is 0. The summed E-state index contributed by atoms with van der Waals surface area (Å²) in [7, 11) is 0. The molecule has 0 radical (unpaired) electrons. The Labute approximate surface area is 354 Å². The van der Waals surface area contributed by atoms with Crippen molar-refractivity contribution in [3.8, 4) is 89.8 Å². The number of rotatable bonds is 8. The van der Waals surface area contributed by atoms with E-state index < -0.39 is 0 Å². The van der Waals surface area contributed by atoms with Crippen LogP contribution in [0.25, 0.3) is 106 Å². The minimum absolute atomic E-state index is 0.680. The molecular weight excluding hydrogens is 741 g/mol. The second-order valence-corrected chi connectivity index (χ2v) is 15.3. The zero-order chi connectivity index (χ0) is 40.5. The molecule has 0 spiro atoms. The molecule has 286 valence electrons. The Kier molecular flexibility index (Phi) is 9.14. The van der Waals surface area contributed by atoms with Crippen molar-refractivity contribution in [2.45, 2.75) is 0 Å². The van der Waals surface area contributed by atoms with Crippen LogP contribution in [0.2, 0.25) is 0 Å². The fraction of sp³-hybridized carbons (Fsp3) is 0. The molecule has 11 rings (SSSR count). The molecule has 0 aliphatic heterocycles. The van der Waals surface area contributed by atoms with Crippen LogP contribution in [0, 0.1) is 0 Å². The molecule has 11 aromatic rings. The van der Waals surface area contributed by atoms with Crippen LogP contribution in [0.4, 0.5) is 0 Å². The second-order valence-electron chi connectivity index (χ2n) is 15.3. The first-order valence-corrected chi connectivity index (χ1v) is 20.6. The van der Waals surface area contributed by atoms with E-state index in [2.05, 4.69) is 223 Å². The van der Waals surface area contributed by atoms with Crippen LogP contribution in [-0.2, 0) is 0 Å². The second kappa shape index (κ2) is 15.5. The lowest BCUT2D eigenvalue weighted by molar-refractivity contribution is 0.979. The van der Waals surface area contributed by atoms with E-state index in [0.29, 0.717) is 5.82 Å². The number of hydrogen-bond acceptors (Lipinski definition) is 3. The Morgan fingerprint density at radius 1 is 0.311 bits per heavy atom. The standard InChI is InChI=1S/C57H38N4/c1-6-17-39(18-7-1)40-29-31-42(32-30-40)52-38-51(41-19-8-2-9-20-41)58-57(59-52)48-28-16-27-46(35-48)47-33-34-50-49(36-47)37-53(43-21-10-3-11-22-43)61-56(50)54(44-23-12-4-13-24-44)55(60-61)45-25-14-5-15-26-45/h1-38H. The van der Waals surface area contributed by atoms with Crippen LogP contribution in [0.1, 0.15) is 0 Å². The van der Waals surface area contributed by atoms with E-state index in [4.69, 9.17) is 15.1 Å². The van der Waals surface area contributed by atoms with Crippen LogP contribution >= 0.6 is 0 Å². The highest BCUT2D eigenvalue weighted by atomic mass is 15.2. The van der Waals surface area contributed by atoms with Gasteiger partial charge in [-0.2, -0.15) is 5.10 Å². The number of benzene rings is 8. The molecular formula is C57H38N4. The van der Waals surface area contributed by atoms with E-state index >= 15 is 0 Å². The molecule has 0 aliphatic carbocycles. The molecule has 3 heterocycles. The summed E-state index contributed by atoms with van der Waals surface area (Å²) < 4.78 is 2.15. The number of nitrogens with zero attached hydrogens (tertiary/aromatic N) is 4. The molecule has 0 saturated heterocycles. The minimum atomic E-state index is 0.680. The van der Waals surface area contributed by atoms with Crippen molar-refractivity contribution < 1.29 is 0 Å². The molecule has 0 saturated carbocycles. The third-order valence-electron chi connectivity index (χ3n) is 11.4. The molecule has 8 aromatic carbocycles. The molecule has 3 aromatic heterocycles. The lowest BCUT2D eigenvalue weighted by Crippen LogP contribution is -1.97. The first kappa shape index (κ1) is 35.9. The fourth-order valence-electron chi connectivity index (χ4n) is 8.40. The van der Waals surface area contributed by atoms with Crippen molar-refractivity contribution >= 4 is 16.3 Å². The summed E-state index contributed by atoms with van der Waals surface area (Å²) in [5.74, 6) is 0.680. The van der Waals surface area contributed by atoms with Gasteiger partial charge in [0.1, 0.15) is 5.69 Å². The molecule has 0 amide bonds. The summed E-state index contributed by atoms with van der Waals surface area (Å²) in [6, 6.07) is 81.0. The maximum atomic E-state index is 5.39. The van der Waals surface area contributed by atoms with Gasteiger partial charge in [-0.25, -0.2) is 14.5 Å². The van der Waals surface area contributed by atoms with E-state index in [1.54, 1.807) is 0 Å².